The van der Waals surface area contributed by atoms with Gasteiger partial charge in [-0.2, -0.15) is 0 Å². The molecule has 4 aromatic rings. The Morgan fingerprint density at radius 2 is 1.44 bits per heavy atom. The molecule has 124 valence electrons. The van der Waals surface area contributed by atoms with Crippen molar-refractivity contribution in [1.82, 2.24) is 0 Å². The zero-order valence-corrected chi connectivity index (χ0v) is 14.0. The maximum atomic E-state index is 14.7. The van der Waals surface area contributed by atoms with Gasteiger partial charge in [0, 0.05) is 5.56 Å². The molecule has 0 amide bonds. The second-order valence-corrected chi connectivity index (χ2v) is 6.43. The van der Waals surface area contributed by atoms with Gasteiger partial charge in [0.1, 0.15) is 11.6 Å². The first-order valence-corrected chi connectivity index (χ1v) is 8.56. The Hall–Kier alpha value is -2.74. The highest BCUT2D eigenvalue weighted by Gasteiger charge is 2.10. The van der Waals surface area contributed by atoms with Crippen LogP contribution in [0, 0.1) is 11.6 Å². The Bertz CT molecular complexity index is 1060. The van der Waals surface area contributed by atoms with E-state index >= 15 is 0 Å². The average Bonchev–Trinajstić information content (AvgIpc) is 2.62. The molecule has 25 heavy (non-hydrogen) atoms. The van der Waals surface area contributed by atoms with Crippen molar-refractivity contribution >= 4 is 21.5 Å². The molecule has 2 heteroatoms. The van der Waals surface area contributed by atoms with Crippen molar-refractivity contribution < 1.29 is 8.78 Å². The van der Waals surface area contributed by atoms with Crippen LogP contribution in [0.3, 0.4) is 0 Å². The number of hydrogen-bond acceptors (Lipinski definition) is 0. The second-order valence-electron chi connectivity index (χ2n) is 6.43. The zero-order valence-electron chi connectivity index (χ0n) is 14.0. The first-order valence-electron chi connectivity index (χ1n) is 8.56. The summed E-state index contributed by atoms with van der Waals surface area (Å²) < 4.78 is 27.9. The van der Waals surface area contributed by atoms with Crippen LogP contribution in [0.15, 0.2) is 66.7 Å². The fraction of sp³-hybridized carbons (Fsp3) is 0.130. The van der Waals surface area contributed by atoms with Crippen molar-refractivity contribution in [2.75, 3.05) is 0 Å². The maximum Gasteiger partial charge on any atom is 0.131 e. The summed E-state index contributed by atoms with van der Waals surface area (Å²) in [6.45, 7) is 2.16. The summed E-state index contributed by atoms with van der Waals surface area (Å²) in [5.41, 5.74) is 2.48. The third-order valence-corrected chi connectivity index (χ3v) is 4.68. The fourth-order valence-electron chi connectivity index (χ4n) is 3.43. The number of fused-ring (bicyclic) bond motifs is 3. The Kier molecular flexibility index (Phi) is 3.96. The maximum absolute atomic E-state index is 14.7. The molecule has 0 bridgehead atoms. The van der Waals surface area contributed by atoms with E-state index in [9.17, 15) is 8.78 Å². The van der Waals surface area contributed by atoms with Crippen LogP contribution in [0.25, 0.3) is 32.7 Å². The fourth-order valence-corrected chi connectivity index (χ4v) is 3.43. The molecule has 0 saturated heterocycles. The molecule has 0 heterocycles. The van der Waals surface area contributed by atoms with Gasteiger partial charge in [-0.1, -0.05) is 55.8 Å². The quantitative estimate of drug-likeness (QED) is 0.358. The summed E-state index contributed by atoms with van der Waals surface area (Å²) in [6, 6.07) is 19.9. The van der Waals surface area contributed by atoms with Crippen LogP contribution in [0.4, 0.5) is 8.78 Å². The minimum absolute atomic E-state index is 0.288. The molecule has 4 rings (SSSR count). The molecule has 0 aromatic heterocycles. The smallest absolute Gasteiger partial charge is 0.131 e. The molecule has 0 aliphatic carbocycles. The van der Waals surface area contributed by atoms with Crippen molar-refractivity contribution in [3.63, 3.8) is 0 Å². The van der Waals surface area contributed by atoms with E-state index in [1.54, 1.807) is 18.2 Å². The van der Waals surface area contributed by atoms with E-state index in [-0.39, 0.29) is 11.6 Å². The standard InChI is InChI=1S/C23H18F2/c1-2-3-15-4-11-20-17(12-15)5-6-18-13-22(23(25)14-21(18)20)16-7-9-19(24)10-8-16/h4-14H,2-3H2,1H3. The Morgan fingerprint density at radius 3 is 2.16 bits per heavy atom. The van der Waals surface area contributed by atoms with E-state index in [1.165, 1.54) is 17.7 Å². The number of benzene rings is 4. The molecule has 0 aliphatic rings. The summed E-state index contributed by atoms with van der Waals surface area (Å²) in [4.78, 5) is 0. The zero-order chi connectivity index (χ0) is 17.4. The highest BCUT2D eigenvalue weighted by molar-refractivity contribution is 6.08. The largest absolute Gasteiger partial charge is 0.207 e. The normalized spacial score (nSPS) is 11.3. The average molecular weight is 332 g/mol. The first kappa shape index (κ1) is 15.8. The van der Waals surface area contributed by atoms with Crippen LogP contribution in [-0.4, -0.2) is 0 Å². The summed E-state index contributed by atoms with van der Waals surface area (Å²) in [5.74, 6) is -0.608. The van der Waals surface area contributed by atoms with Gasteiger partial charge in [-0.3, -0.25) is 0 Å². The van der Waals surface area contributed by atoms with Crippen LogP contribution in [0.5, 0.6) is 0 Å². The topological polar surface area (TPSA) is 0 Å². The van der Waals surface area contributed by atoms with E-state index < -0.39 is 0 Å². The van der Waals surface area contributed by atoms with Gasteiger partial charge in [-0.05, 0) is 63.4 Å². The van der Waals surface area contributed by atoms with Gasteiger partial charge in [0.2, 0.25) is 0 Å². The lowest BCUT2D eigenvalue weighted by Crippen LogP contribution is -1.88. The highest BCUT2D eigenvalue weighted by atomic mass is 19.1. The SMILES string of the molecule is CCCc1ccc2c(ccc3cc(-c4ccc(F)cc4)c(F)cc32)c1. The van der Waals surface area contributed by atoms with E-state index in [1.807, 2.05) is 12.1 Å². The highest BCUT2D eigenvalue weighted by Crippen LogP contribution is 2.32. The molecular formula is C23H18F2. The van der Waals surface area contributed by atoms with Gasteiger partial charge < -0.3 is 0 Å². The van der Waals surface area contributed by atoms with E-state index in [2.05, 4.69) is 31.2 Å². The van der Waals surface area contributed by atoms with Gasteiger partial charge in [0.15, 0.2) is 0 Å². The van der Waals surface area contributed by atoms with Gasteiger partial charge >= 0.3 is 0 Å². The van der Waals surface area contributed by atoms with Crippen LogP contribution in [-0.2, 0) is 6.42 Å². The summed E-state index contributed by atoms with van der Waals surface area (Å²) in [6.07, 6.45) is 2.15. The molecule has 0 N–H and O–H groups in total. The van der Waals surface area contributed by atoms with Crippen molar-refractivity contribution in [1.29, 1.82) is 0 Å². The van der Waals surface area contributed by atoms with Crippen molar-refractivity contribution in [3.8, 4) is 11.1 Å². The molecule has 0 nitrogen and oxygen atoms in total. The van der Waals surface area contributed by atoms with E-state index in [0.717, 1.165) is 34.4 Å². The third kappa shape index (κ3) is 2.89. The minimum Gasteiger partial charge on any atom is -0.207 e. The van der Waals surface area contributed by atoms with Gasteiger partial charge in [0.05, 0.1) is 0 Å². The van der Waals surface area contributed by atoms with Gasteiger partial charge in [0.25, 0.3) is 0 Å². The Morgan fingerprint density at radius 1 is 0.720 bits per heavy atom. The molecule has 0 fully saturated rings. The predicted octanol–water partition coefficient (Wildman–Crippen LogP) is 6.89. The summed E-state index contributed by atoms with van der Waals surface area (Å²) >= 11 is 0. The van der Waals surface area contributed by atoms with Crippen LogP contribution < -0.4 is 0 Å². The lowest BCUT2D eigenvalue weighted by Gasteiger charge is -2.10. The van der Waals surface area contributed by atoms with Gasteiger partial charge in [-0.15, -0.1) is 0 Å². The first-order chi connectivity index (χ1) is 12.2. The molecule has 0 atom stereocenters. The molecular weight excluding hydrogens is 314 g/mol. The third-order valence-electron chi connectivity index (χ3n) is 4.68. The predicted molar refractivity (Wildman–Crippen MR) is 101 cm³/mol. The Labute approximate surface area is 145 Å². The minimum atomic E-state index is -0.321. The summed E-state index contributed by atoms with van der Waals surface area (Å²) in [5, 5.41) is 4.08. The number of rotatable bonds is 3. The molecule has 0 unspecified atom stereocenters. The monoisotopic (exact) mass is 332 g/mol. The number of hydrogen-bond donors (Lipinski definition) is 0. The number of halogens is 2. The van der Waals surface area contributed by atoms with Gasteiger partial charge in [-0.25, -0.2) is 8.78 Å². The summed E-state index contributed by atoms with van der Waals surface area (Å²) in [7, 11) is 0. The Balaban J connectivity index is 1.90. The van der Waals surface area contributed by atoms with Crippen LogP contribution in [0.2, 0.25) is 0 Å². The molecule has 0 aliphatic heterocycles. The van der Waals surface area contributed by atoms with Crippen molar-refractivity contribution in [2.45, 2.75) is 19.8 Å². The molecule has 0 radical (unpaired) electrons. The number of aryl methyl sites for hydroxylation is 1. The lowest BCUT2D eigenvalue weighted by atomic mass is 9.95. The molecule has 0 saturated carbocycles. The van der Waals surface area contributed by atoms with E-state index in [4.69, 9.17) is 0 Å². The van der Waals surface area contributed by atoms with Crippen LogP contribution >= 0.6 is 0 Å². The second kappa shape index (κ2) is 6.29. The molecule has 4 aromatic carbocycles. The van der Waals surface area contributed by atoms with E-state index in [0.29, 0.717) is 11.1 Å². The van der Waals surface area contributed by atoms with Crippen LogP contribution in [0.1, 0.15) is 18.9 Å². The van der Waals surface area contributed by atoms with Crippen molar-refractivity contribution in [2.24, 2.45) is 0 Å². The lowest BCUT2D eigenvalue weighted by molar-refractivity contribution is 0.626. The molecule has 0 spiro atoms. The van der Waals surface area contributed by atoms with Crippen molar-refractivity contribution in [3.05, 3.63) is 83.9 Å².